The molecule has 0 spiro atoms. The van der Waals surface area contributed by atoms with Gasteiger partial charge in [-0.1, -0.05) is 11.6 Å². The van der Waals surface area contributed by atoms with E-state index in [2.05, 4.69) is 25.3 Å². The number of hydrogen-bond acceptors (Lipinski definition) is 6. The van der Waals surface area contributed by atoms with E-state index in [0.717, 1.165) is 37.1 Å². The van der Waals surface area contributed by atoms with Gasteiger partial charge in [0.1, 0.15) is 11.5 Å². The lowest BCUT2D eigenvalue weighted by atomic mass is 9.76. The molecule has 2 bridgehead atoms. The lowest BCUT2D eigenvalue weighted by Gasteiger charge is -2.50. The number of aryl methyl sites for hydroxylation is 1. The van der Waals surface area contributed by atoms with E-state index in [4.69, 9.17) is 11.6 Å². The molecule has 3 atom stereocenters. The molecule has 0 aromatic carbocycles. The first-order chi connectivity index (χ1) is 16.7. The highest BCUT2D eigenvalue weighted by atomic mass is 35.5. The molecule has 35 heavy (non-hydrogen) atoms. The Morgan fingerprint density at radius 1 is 1.11 bits per heavy atom. The molecule has 182 valence electrons. The summed E-state index contributed by atoms with van der Waals surface area (Å²) >= 11 is 6.13. The van der Waals surface area contributed by atoms with E-state index < -0.39 is 11.7 Å². The number of aromatic nitrogens is 4. The Morgan fingerprint density at radius 2 is 1.89 bits per heavy atom. The number of anilines is 1. The SMILES string of the molecule is Cc1cnc(C(=O)N2C[C@@H]3CC[C@H]2[C@H](Nc2ncc(C(F)(F)F)cc2Cl)C3)c(-c2ncccn2)c1. The number of pyridine rings is 2. The van der Waals surface area contributed by atoms with Gasteiger partial charge in [0.2, 0.25) is 0 Å². The van der Waals surface area contributed by atoms with Crippen LogP contribution in [0.25, 0.3) is 11.4 Å². The fourth-order valence-corrected chi connectivity index (χ4v) is 5.16. The van der Waals surface area contributed by atoms with Gasteiger partial charge < -0.3 is 10.2 Å². The van der Waals surface area contributed by atoms with Crippen molar-refractivity contribution >= 4 is 23.3 Å². The van der Waals surface area contributed by atoms with Gasteiger partial charge in [0.15, 0.2) is 5.82 Å². The summed E-state index contributed by atoms with van der Waals surface area (Å²) in [5, 5.41) is 3.09. The third-order valence-electron chi connectivity index (χ3n) is 6.56. The Kier molecular flexibility index (Phi) is 6.08. The fourth-order valence-electron chi connectivity index (χ4n) is 4.94. The largest absolute Gasteiger partial charge is 0.417 e. The number of nitrogens with one attached hydrogen (secondary N) is 1. The van der Waals surface area contributed by atoms with Crippen molar-refractivity contribution in [2.45, 2.75) is 44.4 Å². The minimum absolute atomic E-state index is 0.108. The fraction of sp³-hybridized carbons (Fsp3) is 0.375. The number of rotatable bonds is 4. The van der Waals surface area contributed by atoms with Crippen molar-refractivity contribution in [3.05, 3.63) is 64.8 Å². The predicted octanol–water partition coefficient (Wildman–Crippen LogP) is 5.02. The number of piperidine rings is 2. The molecule has 2 saturated heterocycles. The summed E-state index contributed by atoms with van der Waals surface area (Å²) < 4.78 is 39.0. The molecule has 7 nitrogen and oxygen atoms in total. The van der Waals surface area contributed by atoms with Crippen molar-refractivity contribution in [3.63, 3.8) is 0 Å². The second kappa shape index (κ2) is 9.07. The number of hydrogen-bond donors (Lipinski definition) is 1. The summed E-state index contributed by atoms with van der Waals surface area (Å²) in [6.07, 6.45) is 3.61. The van der Waals surface area contributed by atoms with Crippen molar-refractivity contribution < 1.29 is 18.0 Å². The van der Waals surface area contributed by atoms with Crippen LogP contribution in [-0.4, -0.2) is 49.4 Å². The molecule has 0 radical (unpaired) electrons. The lowest BCUT2D eigenvalue weighted by molar-refractivity contribution is -0.137. The number of amides is 1. The maximum absolute atomic E-state index is 13.7. The Balaban J connectivity index is 1.42. The molecular weight excluding hydrogens is 481 g/mol. The number of alkyl halides is 3. The Morgan fingerprint density at radius 3 is 2.57 bits per heavy atom. The highest BCUT2D eigenvalue weighted by Crippen LogP contribution is 2.39. The zero-order valence-corrected chi connectivity index (χ0v) is 19.5. The first-order valence-electron chi connectivity index (χ1n) is 11.2. The Hall–Kier alpha value is -3.27. The normalized spacial score (nSPS) is 21.7. The first kappa shape index (κ1) is 23.5. The van der Waals surface area contributed by atoms with Crippen LogP contribution in [0.5, 0.6) is 0 Å². The molecule has 1 aliphatic carbocycles. The van der Waals surface area contributed by atoms with Gasteiger partial charge in [-0.25, -0.2) is 15.0 Å². The van der Waals surface area contributed by atoms with Crippen molar-refractivity contribution in [1.82, 2.24) is 24.8 Å². The smallest absolute Gasteiger partial charge is 0.364 e. The topological polar surface area (TPSA) is 83.9 Å². The number of carbonyl (C=O) groups excluding carboxylic acids is 1. The van der Waals surface area contributed by atoms with Gasteiger partial charge in [-0.05, 0) is 55.9 Å². The summed E-state index contributed by atoms with van der Waals surface area (Å²) in [5.41, 5.74) is 0.815. The van der Waals surface area contributed by atoms with Crippen LogP contribution in [0.15, 0.2) is 43.0 Å². The van der Waals surface area contributed by atoms with E-state index in [-0.39, 0.29) is 40.4 Å². The van der Waals surface area contributed by atoms with Crippen LogP contribution in [0, 0.1) is 12.8 Å². The molecule has 3 aromatic heterocycles. The second-order valence-corrected chi connectivity index (χ2v) is 9.40. The van der Waals surface area contributed by atoms with Gasteiger partial charge in [0, 0.05) is 37.4 Å². The van der Waals surface area contributed by atoms with Crippen molar-refractivity contribution in [3.8, 4) is 11.4 Å². The molecule has 6 rings (SSSR count). The van der Waals surface area contributed by atoms with Gasteiger partial charge in [-0.3, -0.25) is 9.78 Å². The quantitative estimate of drug-likeness (QED) is 0.539. The minimum atomic E-state index is -4.52. The molecule has 1 N–H and O–H groups in total. The standard InChI is InChI=1S/C24H22ClF3N6O/c1-13-7-16(21-29-5-2-6-30-21)20(31-10-13)23(35)34-12-14-3-4-19(34)18(8-14)33-22-17(25)9-15(11-32-22)24(26,27)28/h2,5-7,9-11,14,18-19H,3-4,8,12H2,1H3,(H,32,33)/t14-,18-,19+/m1/s1. The highest BCUT2D eigenvalue weighted by molar-refractivity contribution is 6.33. The van der Waals surface area contributed by atoms with Crippen molar-refractivity contribution in [2.24, 2.45) is 5.92 Å². The molecule has 3 aromatic rings. The number of nitrogens with zero attached hydrogens (tertiary/aromatic N) is 5. The van der Waals surface area contributed by atoms with E-state index in [1.807, 2.05) is 13.0 Å². The van der Waals surface area contributed by atoms with Gasteiger partial charge >= 0.3 is 6.18 Å². The van der Waals surface area contributed by atoms with Crippen molar-refractivity contribution in [2.75, 3.05) is 11.9 Å². The molecule has 0 unspecified atom stereocenters. The first-order valence-corrected chi connectivity index (χ1v) is 11.6. The van der Waals surface area contributed by atoms with Crippen LogP contribution >= 0.6 is 11.6 Å². The van der Waals surface area contributed by atoms with E-state index in [0.29, 0.717) is 17.9 Å². The highest BCUT2D eigenvalue weighted by Gasteiger charge is 2.44. The summed E-state index contributed by atoms with van der Waals surface area (Å²) in [4.78, 5) is 32.5. The number of fused-ring (bicyclic) bond motifs is 3. The van der Waals surface area contributed by atoms with E-state index >= 15 is 0 Å². The maximum atomic E-state index is 13.7. The van der Waals surface area contributed by atoms with Crippen LogP contribution in [0.4, 0.5) is 19.0 Å². The van der Waals surface area contributed by atoms with E-state index in [1.165, 1.54) is 0 Å². The lowest BCUT2D eigenvalue weighted by Crippen LogP contribution is -2.60. The summed E-state index contributed by atoms with van der Waals surface area (Å²) in [5.74, 6) is 0.623. The molecular formula is C24H22ClF3N6O. The number of carbonyl (C=O) groups is 1. The van der Waals surface area contributed by atoms with Crippen LogP contribution in [0.2, 0.25) is 5.02 Å². The molecule has 3 fully saturated rings. The summed E-state index contributed by atoms with van der Waals surface area (Å²) in [6, 6.07) is 4.03. The molecule has 1 amide bonds. The van der Waals surface area contributed by atoms with Crippen LogP contribution in [0.3, 0.4) is 0 Å². The Labute approximate surface area is 204 Å². The van der Waals surface area contributed by atoms with Gasteiger partial charge in [0.25, 0.3) is 5.91 Å². The molecule has 2 aliphatic heterocycles. The molecule has 3 aliphatic rings. The summed E-state index contributed by atoms with van der Waals surface area (Å²) in [7, 11) is 0. The van der Waals surface area contributed by atoms with Gasteiger partial charge in [-0.15, -0.1) is 0 Å². The molecule has 5 heterocycles. The average Bonchev–Trinajstić information content (AvgIpc) is 2.85. The van der Waals surface area contributed by atoms with E-state index in [9.17, 15) is 18.0 Å². The van der Waals surface area contributed by atoms with E-state index in [1.54, 1.807) is 29.6 Å². The zero-order chi connectivity index (χ0) is 24.7. The molecule has 1 saturated carbocycles. The average molecular weight is 503 g/mol. The van der Waals surface area contributed by atoms with Crippen LogP contribution in [-0.2, 0) is 6.18 Å². The molecule has 11 heteroatoms. The summed E-state index contributed by atoms with van der Waals surface area (Å²) in [6.45, 7) is 2.47. The maximum Gasteiger partial charge on any atom is 0.417 e. The Bertz CT molecular complexity index is 1260. The predicted molar refractivity (Wildman–Crippen MR) is 124 cm³/mol. The zero-order valence-electron chi connectivity index (χ0n) is 18.8. The van der Waals surface area contributed by atoms with Crippen molar-refractivity contribution in [1.29, 1.82) is 0 Å². The van der Waals surface area contributed by atoms with Crippen LogP contribution < -0.4 is 5.32 Å². The van der Waals surface area contributed by atoms with Crippen LogP contribution in [0.1, 0.15) is 40.9 Å². The monoisotopic (exact) mass is 502 g/mol. The third-order valence-corrected chi connectivity index (χ3v) is 6.85. The van der Waals surface area contributed by atoms with Gasteiger partial charge in [0.05, 0.1) is 22.2 Å². The number of halogens is 4. The third kappa shape index (κ3) is 4.67. The minimum Gasteiger partial charge on any atom is -0.364 e. The van der Waals surface area contributed by atoms with Gasteiger partial charge in [-0.2, -0.15) is 13.2 Å². The second-order valence-electron chi connectivity index (χ2n) is 8.99.